The molecular weight excluding hydrogens is 267 g/mol. The van der Waals surface area contributed by atoms with Gasteiger partial charge in [-0.1, -0.05) is 12.1 Å². The van der Waals surface area contributed by atoms with Crippen molar-refractivity contribution in [2.75, 3.05) is 5.32 Å². The lowest BCUT2D eigenvalue weighted by Crippen LogP contribution is -2.07. The highest BCUT2D eigenvalue weighted by Crippen LogP contribution is 2.29. The summed E-state index contributed by atoms with van der Waals surface area (Å²) in [6.07, 6.45) is -4.31. The molecule has 1 N–H and O–H groups in total. The number of halogens is 3. The number of anilines is 1. The number of alkyl halides is 3. The van der Waals surface area contributed by atoms with Gasteiger partial charge in [0, 0.05) is 13.6 Å². The molecule has 2 rings (SSSR count). The van der Waals surface area contributed by atoms with Gasteiger partial charge in [-0.3, -0.25) is 4.68 Å². The van der Waals surface area contributed by atoms with Gasteiger partial charge in [0.15, 0.2) is 0 Å². The second kappa shape index (κ2) is 5.19. The fraction of sp³-hybridized carbons (Fsp3) is 0.357. The topological polar surface area (TPSA) is 29.9 Å². The highest BCUT2D eigenvalue weighted by molar-refractivity contribution is 5.52. The third-order valence-corrected chi connectivity index (χ3v) is 3.23. The fourth-order valence-electron chi connectivity index (χ4n) is 2.08. The smallest absolute Gasteiger partial charge is 0.378 e. The summed E-state index contributed by atoms with van der Waals surface area (Å²) in [6.45, 7) is 4.10. The van der Waals surface area contributed by atoms with E-state index in [4.69, 9.17) is 0 Å². The van der Waals surface area contributed by atoms with Gasteiger partial charge >= 0.3 is 6.18 Å². The lowest BCUT2D eigenvalue weighted by molar-refractivity contribution is -0.137. The van der Waals surface area contributed by atoms with E-state index in [0.717, 1.165) is 29.2 Å². The Morgan fingerprint density at radius 2 is 1.95 bits per heavy atom. The van der Waals surface area contributed by atoms with Crippen LogP contribution in [-0.2, 0) is 19.8 Å². The number of rotatable bonds is 3. The Morgan fingerprint density at radius 1 is 1.25 bits per heavy atom. The first kappa shape index (κ1) is 14.4. The second-order valence-corrected chi connectivity index (χ2v) is 4.72. The highest BCUT2D eigenvalue weighted by Gasteiger charge is 2.30. The Labute approximate surface area is 115 Å². The van der Waals surface area contributed by atoms with Gasteiger partial charge in [0.1, 0.15) is 0 Å². The van der Waals surface area contributed by atoms with Crippen LogP contribution in [0.2, 0.25) is 0 Å². The number of nitrogens with one attached hydrogen (secondary N) is 1. The van der Waals surface area contributed by atoms with Gasteiger partial charge in [0.05, 0.1) is 22.6 Å². The summed E-state index contributed by atoms with van der Waals surface area (Å²) in [5.74, 6) is 0. The standard InChI is InChI=1S/C14H16F3N3/c1-9-13(10(2)20(3)19-9)18-8-11-5-4-6-12(7-11)14(15,16)17/h4-7,18H,8H2,1-3H3. The quantitative estimate of drug-likeness (QED) is 0.931. The summed E-state index contributed by atoms with van der Waals surface area (Å²) in [4.78, 5) is 0. The largest absolute Gasteiger partial charge is 0.416 e. The van der Waals surface area contributed by atoms with Crippen LogP contribution in [0.5, 0.6) is 0 Å². The third kappa shape index (κ3) is 2.95. The third-order valence-electron chi connectivity index (χ3n) is 3.23. The molecule has 2 aromatic rings. The minimum absolute atomic E-state index is 0.331. The number of nitrogens with zero attached hydrogens (tertiary/aromatic N) is 2. The molecule has 0 aliphatic rings. The molecule has 0 radical (unpaired) electrons. The first-order valence-electron chi connectivity index (χ1n) is 6.19. The van der Waals surface area contributed by atoms with Crippen LogP contribution < -0.4 is 5.32 Å². The zero-order chi connectivity index (χ0) is 14.9. The van der Waals surface area contributed by atoms with Gasteiger partial charge in [-0.05, 0) is 31.5 Å². The van der Waals surface area contributed by atoms with Crippen molar-refractivity contribution in [3.05, 3.63) is 46.8 Å². The first-order chi connectivity index (χ1) is 9.29. The zero-order valence-corrected chi connectivity index (χ0v) is 11.5. The minimum Gasteiger partial charge on any atom is -0.378 e. The molecule has 0 fully saturated rings. The van der Waals surface area contributed by atoms with Gasteiger partial charge < -0.3 is 5.32 Å². The number of aryl methyl sites for hydroxylation is 2. The van der Waals surface area contributed by atoms with E-state index in [0.29, 0.717) is 12.1 Å². The molecule has 0 bridgehead atoms. The Hall–Kier alpha value is -1.98. The fourth-order valence-corrected chi connectivity index (χ4v) is 2.08. The molecule has 0 aliphatic carbocycles. The van der Waals surface area contributed by atoms with Crippen LogP contribution >= 0.6 is 0 Å². The molecule has 0 atom stereocenters. The van der Waals surface area contributed by atoms with E-state index >= 15 is 0 Å². The van der Waals surface area contributed by atoms with E-state index in [1.165, 1.54) is 6.07 Å². The molecule has 0 amide bonds. The van der Waals surface area contributed by atoms with Gasteiger partial charge in [-0.25, -0.2) is 0 Å². The van der Waals surface area contributed by atoms with E-state index in [2.05, 4.69) is 10.4 Å². The lowest BCUT2D eigenvalue weighted by atomic mass is 10.1. The van der Waals surface area contributed by atoms with Crippen LogP contribution in [0.15, 0.2) is 24.3 Å². The lowest BCUT2D eigenvalue weighted by Gasteiger charge is -2.10. The molecule has 1 heterocycles. The van der Waals surface area contributed by atoms with Crippen molar-refractivity contribution in [2.45, 2.75) is 26.6 Å². The van der Waals surface area contributed by atoms with Gasteiger partial charge in [-0.15, -0.1) is 0 Å². The highest BCUT2D eigenvalue weighted by atomic mass is 19.4. The van der Waals surface area contributed by atoms with Crippen molar-refractivity contribution in [2.24, 2.45) is 7.05 Å². The van der Waals surface area contributed by atoms with Gasteiger partial charge in [0.25, 0.3) is 0 Å². The summed E-state index contributed by atoms with van der Waals surface area (Å²) in [5.41, 5.74) is 2.61. The maximum atomic E-state index is 12.6. The van der Waals surface area contributed by atoms with E-state index in [-0.39, 0.29) is 0 Å². The van der Waals surface area contributed by atoms with E-state index in [9.17, 15) is 13.2 Å². The van der Waals surface area contributed by atoms with E-state index < -0.39 is 11.7 Å². The predicted octanol–water partition coefficient (Wildman–Crippen LogP) is 3.67. The van der Waals surface area contributed by atoms with Crippen LogP contribution in [0, 0.1) is 13.8 Å². The monoisotopic (exact) mass is 283 g/mol. The molecule has 1 aromatic heterocycles. The average molecular weight is 283 g/mol. The van der Waals surface area contributed by atoms with Crippen LogP contribution in [0.1, 0.15) is 22.5 Å². The summed E-state index contributed by atoms with van der Waals surface area (Å²) in [7, 11) is 1.83. The molecule has 0 unspecified atom stereocenters. The SMILES string of the molecule is Cc1nn(C)c(C)c1NCc1cccc(C(F)(F)F)c1. The Morgan fingerprint density at radius 3 is 2.50 bits per heavy atom. The molecule has 0 aliphatic heterocycles. The van der Waals surface area contributed by atoms with Crippen molar-refractivity contribution < 1.29 is 13.2 Å². The summed E-state index contributed by atoms with van der Waals surface area (Å²) in [5, 5.41) is 7.40. The number of aromatic nitrogens is 2. The van der Waals surface area contributed by atoms with Gasteiger partial charge in [-0.2, -0.15) is 18.3 Å². The molecule has 20 heavy (non-hydrogen) atoms. The minimum atomic E-state index is -4.31. The Balaban J connectivity index is 2.15. The molecule has 3 nitrogen and oxygen atoms in total. The number of hydrogen-bond acceptors (Lipinski definition) is 2. The molecule has 0 spiro atoms. The number of benzene rings is 1. The molecule has 108 valence electrons. The van der Waals surface area contributed by atoms with Crippen LogP contribution in [0.4, 0.5) is 18.9 Å². The van der Waals surface area contributed by atoms with Crippen molar-refractivity contribution in [1.82, 2.24) is 9.78 Å². The van der Waals surface area contributed by atoms with E-state index in [1.807, 2.05) is 20.9 Å². The van der Waals surface area contributed by atoms with Crippen molar-refractivity contribution in [1.29, 1.82) is 0 Å². The van der Waals surface area contributed by atoms with Crippen molar-refractivity contribution >= 4 is 5.69 Å². The molecule has 0 saturated heterocycles. The summed E-state index contributed by atoms with van der Waals surface area (Å²) in [6, 6.07) is 5.32. The Kier molecular flexibility index (Phi) is 3.74. The maximum Gasteiger partial charge on any atom is 0.416 e. The second-order valence-electron chi connectivity index (χ2n) is 4.72. The predicted molar refractivity (Wildman–Crippen MR) is 71.5 cm³/mol. The van der Waals surface area contributed by atoms with Gasteiger partial charge in [0.2, 0.25) is 0 Å². The van der Waals surface area contributed by atoms with E-state index in [1.54, 1.807) is 10.7 Å². The zero-order valence-electron chi connectivity index (χ0n) is 11.5. The normalized spacial score (nSPS) is 11.7. The number of hydrogen-bond donors (Lipinski definition) is 1. The van der Waals surface area contributed by atoms with Crippen LogP contribution in [0.3, 0.4) is 0 Å². The Bertz CT molecular complexity index is 615. The van der Waals surface area contributed by atoms with Crippen LogP contribution in [0.25, 0.3) is 0 Å². The summed E-state index contributed by atoms with van der Waals surface area (Å²) >= 11 is 0. The molecule has 0 saturated carbocycles. The van der Waals surface area contributed by atoms with Crippen molar-refractivity contribution in [3.8, 4) is 0 Å². The molecule has 1 aromatic carbocycles. The molecule has 6 heteroatoms. The molecular formula is C14H16F3N3. The maximum absolute atomic E-state index is 12.6. The summed E-state index contributed by atoms with van der Waals surface area (Å²) < 4.78 is 39.6. The van der Waals surface area contributed by atoms with Crippen molar-refractivity contribution in [3.63, 3.8) is 0 Å². The first-order valence-corrected chi connectivity index (χ1v) is 6.19. The average Bonchev–Trinajstić information content (AvgIpc) is 2.61. The van der Waals surface area contributed by atoms with Crippen LogP contribution in [-0.4, -0.2) is 9.78 Å².